The van der Waals surface area contributed by atoms with Crippen LogP contribution in [0.25, 0.3) is 0 Å². The van der Waals surface area contributed by atoms with Crippen LogP contribution in [0.1, 0.15) is 60.3 Å². The third-order valence-corrected chi connectivity index (χ3v) is 5.33. The summed E-state index contributed by atoms with van der Waals surface area (Å²) in [6.45, 7) is 14.4. The van der Waals surface area contributed by atoms with Crippen LogP contribution in [0.2, 0.25) is 0 Å². The molecule has 2 atom stereocenters. The van der Waals surface area contributed by atoms with E-state index in [0.717, 1.165) is 17.9 Å². The van der Waals surface area contributed by atoms with Gasteiger partial charge in [0.2, 0.25) is 0 Å². The normalized spacial score (nSPS) is 33.5. The van der Waals surface area contributed by atoms with Gasteiger partial charge in [-0.3, -0.25) is 4.90 Å². The molecule has 1 aliphatic heterocycles. The first-order chi connectivity index (χ1) is 8.44. The summed E-state index contributed by atoms with van der Waals surface area (Å²) in [7, 11) is 0. The SMILES string of the molecule is CC(C)C1CN(C2(C)CCCC2)C(C(C)C)CN1. The summed E-state index contributed by atoms with van der Waals surface area (Å²) in [5.41, 5.74) is 0.476. The highest BCUT2D eigenvalue weighted by molar-refractivity contribution is 5.00. The first-order valence-electron chi connectivity index (χ1n) is 7.94. The Bertz CT molecular complexity index is 266. The second-order valence-corrected chi connectivity index (χ2v) is 7.43. The van der Waals surface area contributed by atoms with Gasteiger partial charge in [-0.25, -0.2) is 0 Å². The van der Waals surface area contributed by atoms with Gasteiger partial charge >= 0.3 is 0 Å². The summed E-state index contributed by atoms with van der Waals surface area (Å²) in [6, 6.07) is 1.40. The molecule has 0 aromatic rings. The van der Waals surface area contributed by atoms with Crippen LogP contribution in [0.3, 0.4) is 0 Å². The highest BCUT2D eigenvalue weighted by Crippen LogP contribution is 2.38. The van der Waals surface area contributed by atoms with Crippen LogP contribution >= 0.6 is 0 Å². The fourth-order valence-corrected chi connectivity index (χ4v) is 3.88. The molecule has 1 N–H and O–H groups in total. The summed E-state index contributed by atoms with van der Waals surface area (Å²) in [6.07, 6.45) is 5.66. The molecule has 2 heteroatoms. The Morgan fingerprint density at radius 2 is 1.67 bits per heavy atom. The van der Waals surface area contributed by atoms with Crippen LogP contribution in [0, 0.1) is 11.8 Å². The van der Waals surface area contributed by atoms with E-state index in [1.54, 1.807) is 0 Å². The van der Waals surface area contributed by atoms with Crippen LogP contribution in [-0.2, 0) is 0 Å². The molecule has 0 spiro atoms. The van der Waals surface area contributed by atoms with Crippen molar-refractivity contribution >= 4 is 0 Å². The molecule has 1 heterocycles. The molecule has 0 amide bonds. The zero-order chi connectivity index (χ0) is 13.3. The minimum atomic E-state index is 0.476. The summed E-state index contributed by atoms with van der Waals surface area (Å²) in [5, 5.41) is 3.78. The van der Waals surface area contributed by atoms with Crippen LogP contribution in [-0.4, -0.2) is 35.6 Å². The molecule has 2 aliphatic rings. The van der Waals surface area contributed by atoms with Gasteiger partial charge in [-0.2, -0.15) is 0 Å². The van der Waals surface area contributed by atoms with Crippen molar-refractivity contribution < 1.29 is 0 Å². The van der Waals surface area contributed by atoms with Crippen molar-refractivity contribution in [1.29, 1.82) is 0 Å². The van der Waals surface area contributed by atoms with E-state index in [1.807, 2.05) is 0 Å². The van der Waals surface area contributed by atoms with Gasteiger partial charge in [0.05, 0.1) is 0 Å². The molecule has 1 saturated heterocycles. The Morgan fingerprint density at radius 3 is 2.17 bits per heavy atom. The number of hydrogen-bond acceptors (Lipinski definition) is 2. The van der Waals surface area contributed by atoms with Gasteiger partial charge in [0.25, 0.3) is 0 Å². The van der Waals surface area contributed by atoms with Crippen molar-refractivity contribution in [1.82, 2.24) is 10.2 Å². The number of nitrogens with zero attached hydrogens (tertiary/aromatic N) is 1. The predicted molar refractivity (Wildman–Crippen MR) is 78.8 cm³/mol. The molecule has 2 unspecified atom stereocenters. The average Bonchev–Trinajstić information content (AvgIpc) is 2.76. The zero-order valence-corrected chi connectivity index (χ0v) is 13.0. The second-order valence-electron chi connectivity index (χ2n) is 7.43. The highest BCUT2D eigenvalue weighted by Gasteiger charge is 2.42. The molecule has 0 bridgehead atoms. The number of piperazine rings is 1. The molecule has 1 saturated carbocycles. The Morgan fingerprint density at radius 1 is 1.06 bits per heavy atom. The van der Waals surface area contributed by atoms with E-state index in [0.29, 0.717) is 11.6 Å². The molecule has 0 aromatic heterocycles. The quantitative estimate of drug-likeness (QED) is 0.829. The van der Waals surface area contributed by atoms with E-state index < -0.39 is 0 Å². The van der Waals surface area contributed by atoms with E-state index in [-0.39, 0.29) is 0 Å². The summed E-state index contributed by atoms with van der Waals surface area (Å²) in [4.78, 5) is 2.87. The van der Waals surface area contributed by atoms with E-state index in [4.69, 9.17) is 0 Å². The first kappa shape index (κ1) is 14.3. The topological polar surface area (TPSA) is 15.3 Å². The van der Waals surface area contributed by atoms with Gasteiger partial charge < -0.3 is 5.32 Å². The monoisotopic (exact) mass is 252 g/mol. The first-order valence-corrected chi connectivity index (χ1v) is 7.94. The van der Waals surface area contributed by atoms with E-state index >= 15 is 0 Å². The van der Waals surface area contributed by atoms with Gasteiger partial charge in [0.15, 0.2) is 0 Å². The summed E-state index contributed by atoms with van der Waals surface area (Å²) < 4.78 is 0. The molecule has 18 heavy (non-hydrogen) atoms. The van der Waals surface area contributed by atoms with Gasteiger partial charge in [0, 0.05) is 30.7 Å². The van der Waals surface area contributed by atoms with Crippen molar-refractivity contribution in [2.24, 2.45) is 11.8 Å². The molecule has 106 valence electrons. The molecule has 0 aromatic carbocycles. The Labute approximate surface area is 114 Å². The maximum Gasteiger partial charge on any atom is 0.0249 e. The van der Waals surface area contributed by atoms with Gasteiger partial charge in [-0.1, -0.05) is 40.5 Å². The van der Waals surface area contributed by atoms with Gasteiger partial charge in [0.1, 0.15) is 0 Å². The zero-order valence-electron chi connectivity index (χ0n) is 13.0. The van der Waals surface area contributed by atoms with E-state index in [2.05, 4.69) is 44.8 Å². The fraction of sp³-hybridized carbons (Fsp3) is 1.00. The maximum absolute atomic E-state index is 3.78. The number of rotatable bonds is 3. The van der Waals surface area contributed by atoms with Gasteiger partial charge in [-0.05, 0) is 31.6 Å². The Balaban J connectivity index is 2.14. The lowest BCUT2D eigenvalue weighted by Gasteiger charge is -2.51. The molecule has 0 radical (unpaired) electrons. The van der Waals surface area contributed by atoms with Crippen LogP contribution < -0.4 is 5.32 Å². The second kappa shape index (κ2) is 5.50. The van der Waals surface area contributed by atoms with Crippen molar-refractivity contribution in [3.8, 4) is 0 Å². The standard InChI is InChI=1S/C16H32N2/c1-12(2)14-11-18(15(10-17-14)13(3)4)16(5)8-6-7-9-16/h12-15,17H,6-11H2,1-5H3. The summed E-state index contributed by atoms with van der Waals surface area (Å²) in [5.74, 6) is 1.49. The van der Waals surface area contributed by atoms with Crippen molar-refractivity contribution in [2.45, 2.75) is 77.9 Å². The van der Waals surface area contributed by atoms with E-state index in [1.165, 1.54) is 38.8 Å². The van der Waals surface area contributed by atoms with Gasteiger partial charge in [-0.15, -0.1) is 0 Å². The Kier molecular flexibility index (Phi) is 4.38. The average molecular weight is 252 g/mol. The third kappa shape index (κ3) is 2.75. The molecule has 2 fully saturated rings. The largest absolute Gasteiger partial charge is 0.311 e. The van der Waals surface area contributed by atoms with Crippen LogP contribution in [0.4, 0.5) is 0 Å². The number of hydrogen-bond donors (Lipinski definition) is 1. The number of nitrogens with one attached hydrogen (secondary N) is 1. The van der Waals surface area contributed by atoms with Crippen molar-refractivity contribution in [3.05, 3.63) is 0 Å². The molecule has 1 aliphatic carbocycles. The molecular weight excluding hydrogens is 220 g/mol. The van der Waals surface area contributed by atoms with Crippen LogP contribution in [0.5, 0.6) is 0 Å². The van der Waals surface area contributed by atoms with E-state index in [9.17, 15) is 0 Å². The maximum atomic E-state index is 3.78. The van der Waals surface area contributed by atoms with Crippen LogP contribution in [0.15, 0.2) is 0 Å². The smallest absolute Gasteiger partial charge is 0.0249 e. The minimum Gasteiger partial charge on any atom is -0.311 e. The highest BCUT2D eigenvalue weighted by atomic mass is 15.3. The van der Waals surface area contributed by atoms with Crippen molar-refractivity contribution in [2.75, 3.05) is 13.1 Å². The lowest BCUT2D eigenvalue weighted by molar-refractivity contribution is -0.00347. The fourth-order valence-electron chi connectivity index (χ4n) is 3.88. The Hall–Kier alpha value is -0.0800. The molecule has 2 nitrogen and oxygen atoms in total. The van der Waals surface area contributed by atoms with Crippen molar-refractivity contribution in [3.63, 3.8) is 0 Å². The lowest BCUT2D eigenvalue weighted by atomic mass is 9.87. The predicted octanol–water partition coefficient (Wildman–Crippen LogP) is 3.27. The lowest BCUT2D eigenvalue weighted by Crippen LogP contribution is -2.65. The molecular formula is C16H32N2. The summed E-state index contributed by atoms with van der Waals surface area (Å²) >= 11 is 0. The third-order valence-electron chi connectivity index (χ3n) is 5.33. The molecule has 2 rings (SSSR count). The minimum absolute atomic E-state index is 0.476.